The van der Waals surface area contributed by atoms with Crippen molar-refractivity contribution in [2.75, 3.05) is 13.2 Å². The van der Waals surface area contributed by atoms with E-state index < -0.39 is 0 Å². The van der Waals surface area contributed by atoms with Crippen LogP contribution >= 0.6 is 0 Å². The molecule has 1 aromatic carbocycles. The third-order valence-corrected chi connectivity index (χ3v) is 3.55. The van der Waals surface area contributed by atoms with Crippen LogP contribution in [0.25, 0.3) is 0 Å². The number of hydrogen-bond donors (Lipinski definition) is 1. The number of fused-ring (bicyclic) bond motifs is 1. The van der Waals surface area contributed by atoms with E-state index in [4.69, 9.17) is 9.47 Å². The minimum atomic E-state index is -0.353. The third-order valence-electron chi connectivity index (χ3n) is 3.55. The first-order chi connectivity index (χ1) is 9.17. The average Bonchev–Trinajstić information content (AvgIpc) is 2.79. The predicted octanol–water partition coefficient (Wildman–Crippen LogP) is 2.17. The van der Waals surface area contributed by atoms with Crippen LogP contribution < -0.4 is 4.74 Å². The fraction of sp³-hybridized carbons (Fsp3) is 0.533. The van der Waals surface area contributed by atoms with Crippen LogP contribution in [0, 0.1) is 0 Å². The topological polar surface area (TPSA) is 55.8 Å². The molecule has 0 aliphatic heterocycles. The summed E-state index contributed by atoms with van der Waals surface area (Å²) in [6.07, 6.45) is 1.99. The highest BCUT2D eigenvalue weighted by Gasteiger charge is 2.25. The predicted molar refractivity (Wildman–Crippen MR) is 71.2 cm³/mol. The van der Waals surface area contributed by atoms with Crippen molar-refractivity contribution in [3.63, 3.8) is 0 Å². The van der Waals surface area contributed by atoms with Crippen LogP contribution in [0.3, 0.4) is 0 Å². The molecule has 0 heterocycles. The van der Waals surface area contributed by atoms with Crippen LogP contribution in [0.1, 0.15) is 42.9 Å². The number of carbonyl (C=O) groups is 1. The van der Waals surface area contributed by atoms with Gasteiger partial charge in [-0.2, -0.15) is 0 Å². The molecule has 4 nitrogen and oxygen atoms in total. The molecule has 19 heavy (non-hydrogen) atoms. The van der Waals surface area contributed by atoms with Crippen molar-refractivity contribution in [1.82, 2.24) is 0 Å². The molecule has 1 aliphatic carbocycles. The number of rotatable bonds is 5. The van der Waals surface area contributed by atoms with E-state index in [1.54, 1.807) is 6.92 Å². The van der Waals surface area contributed by atoms with Gasteiger partial charge in [-0.25, -0.2) is 4.79 Å². The number of aliphatic hydroxyl groups excluding tert-OH is 1. The number of ether oxygens (including phenoxy) is 2. The lowest BCUT2D eigenvalue weighted by atomic mass is 9.97. The molecule has 4 heteroatoms. The van der Waals surface area contributed by atoms with Gasteiger partial charge in [0.25, 0.3) is 0 Å². The zero-order valence-corrected chi connectivity index (χ0v) is 11.4. The molecule has 0 amide bonds. The van der Waals surface area contributed by atoms with Crippen molar-refractivity contribution >= 4 is 5.97 Å². The summed E-state index contributed by atoms with van der Waals surface area (Å²) >= 11 is 0. The lowest BCUT2D eigenvalue weighted by Gasteiger charge is -2.14. The van der Waals surface area contributed by atoms with Gasteiger partial charge >= 0.3 is 5.97 Å². The molecule has 104 valence electrons. The fourth-order valence-electron chi connectivity index (χ4n) is 2.68. The first kappa shape index (κ1) is 13.9. The molecular formula is C15H20O4. The number of esters is 1. The van der Waals surface area contributed by atoms with Crippen LogP contribution in [-0.2, 0) is 22.6 Å². The van der Waals surface area contributed by atoms with Gasteiger partial charge < -0.3 is 14.6 Å². The second-order valence-electron chi connectivity index (χ2n) is 4.81. The molecule has 0 saturated carbocycles. The molecule has 0 aromatic heterocycles. The molecule has 1 atom stereocenters. The van der Waals surface area contributed by atoms with Gasteiger partial charge in [0.05, 0.1) is 13.2 Å². The smallest absolute Gasteiger partial charge is 0.344 e. The summed E-state index contributed by atoms with van der Waals surface area (Å²) in [5, 5.41) is 9.38. The molecular weight excluding hydrogens is 244 g/mol. The average molecular weight is 264 g/mol. The Morgan fingerprint density at radius 2 is 2.26 bits per heavy atom. The molecule has 1 aromatic rings. The lowest BCUT2D eigenvalue weighted by molar-refractivity contribution is -0.145. The molecule has 1 unspecified atom stereocenters. The van der Waals surface area contributed by atoms with Gasteiger partial charge in [0.15, 0.2) is 6.61 Å². The molecule has 2 rings (SSSR count). The summed E-state index contributed by atoms with van der Waals surface area (Å²) < 4.78 is 10.4. The highest BCUT2D eigenvalue weighted by molar-refractivity contribution is 5.71. The van der Waals surface area contributed by atoms with Crippen LogP contribution in [-0.4, -0.2) is 24.3 Å². The summed E-state index contributed by atoms with van der Waals surface area (Å²) in [6, 6.07) is 3.71. The maximum Gasteiger partial charge on any atom is 0.344 e. The molecule has 1 N–H and O–H groups in total. The Labute approximate surface area is 113 Å². The number of benzene rings is 1. The van der Waals surface area contributed by atoms with E-state index in [0.717, 1.165) is 29.7 Å². The van der Waals surface area contributed by atoms with E-state index in [0.29, 0.717) is 12.5 Å². The normalized spacial score (nSPS) is 17.1. The van der Waals surface area contributed by atoms with Crippen molar-refractivity contribution in [2.45, 2.75) is 39.2 Å². The van der Waals surface area contributed by atoms with Crippen molar-refractivity contribution in [3.8, 4) is 5.75 Å². The fourth-order valence-corrected chi connectivity index (χ4v) is 2.68. The Kier molecular flexibility index (Phi) is 4.43. The van der Waals surface area contributed by atoms with Crippen molar-refractivity contribution < 1.29 is 19.4 Å². The van der Waals surface area contributed by atoms with Crippen molar-refractivity contribution in [1.29, 1.82) is 0 Å². The summed E-state index contributed by atoms with van der Waals surface area (Å²) in [7, 11) is 0. The van der Waals surface area contributed by atoms with E-state index in [-0.39, 0.29) is 19.2 Å². The van der Waals surface area contributed by atoms with Gasteiger partial charge in [-0.1, -0.05) is 13.0 Å². The molecule has 0 bridgehead atoms. The molecule has 0 spiro atoms. The zero-order chi connectivity index (χ0) is 13.8. The Hall–Kier alpha value is -1.55. The summed E-state index contributed by atoms with van der Waals surface area (Å²) in [5.41, 5.74) is 3.27. The van der Waals surface area contributed by atoms with Crippen molar-refractivity contribution in [3.05, 3.63) is 28.8 Å². The maximum absolute atomic E-state index is 11.3. The van der Waals surface area contributed by atoms with Gasteiger partial charge in [0.1, 0.15) is 5.75 Å². The van der Waals surface area contributed by atoms with Gasteiger partial charge in [-0.05, 0) is 48.4 Å². The van der Waals surface area contributed by atoms with E-state index in [2.05, 4.69) is 6.92 Å². The van der Waals surface area contributed by atoms with Crippen molar-refractivity contribution in [2.24, 2.45) is 0 Å². The lowest BCUT2D eigenvalue weighted by Crippen LogP contribution is -2.15. The van der Waals surface area contributed by atoms with Crippen LogP contribution in [0.5, 0.6) is 5.75 Å². The molecule has 0 fully saturated rings. The maximum atomic E-state index is 11.3. The SMILES string of the molecule is CCOC(=O)COc1ccc(CO)c2c1CCC2C. The Balaban J connectivity index is 2.17. The van der Waals surface area contributed by atoms with Gasteiger partial charge in [0.2, 0.25) is 0 Å². The van der Waals surface area contributed by atoms with Crippen LogP contribution in [0.2, 0.25) is 0 Å². The van der Waals surface area contributed by atoms with E-state index >= 15 is 0 Å². The number of hydrogen-bond acceptors (Lipinski definition) is 4. The minimum Gasteiger partial charge on any atom is -0.482 e. The van der Waals surface area contributed by atoms with Crippen LogP contribution in [0.15, 0.2) is 12.1 Å². The third kappa shape index (κ3) is 2.89. The highest BCUT2D eigenvalue weighted by atomic mass is 16.6. The first-order valence-corrected chi connectivity index (χ1v) is 6.71. The van der Waals surface area contributed by atoms with Gasteiger partial charge in [0, 0.05) is 0 Å². The highest BCUT2D eigenvalue weighted by Crippen LogP contribution is 2.40. The van der Waals surface area contributed by atoms with Gasteiger partial charge in [-0.3, -0.25) is 0 Å². The van der Waals surface area contributed by atoms with Crippen LogP contribution in [0.4, 0.5) is 0 Å². The largest absolute Gasteiger partial charge is 0.482 e. The molecule has 0 saturated heterocycles. The second kappa shape index (κ2) is 6.06. The molecule has 0 radical (unpaired) electrons. The number of aliphatic hydroxyl groups is 1. The summed E-state index contributed by atoms with van der Waals surface area (Å²) in [6.45, 7) is 4.27. The minimum absolute atomic E-state index is 0.0465. The second-order valence-corrected chi connectivity index (χ2v) is 4.81. The van der Waals surface area contributed by atoms with E-state index in [1.165, 1.54) is 5.56 Å². The Bertz CT molecular complexity index is 467. The molecule has 1 aliphatic rings. The zero-order valence-electron chi connectivity index (χ0n) is 11.4. The first-order valence-electron chi connectivity index (χ1n) is 6.71. The summed E-state index contributed by atoms with van der Waals surface area (Å²) in [4.78, 5) is 11.3. The summed E-state index contributed by atoms with van der Waals surface area (Å²) in [5.74, 6) is 0.821. The van der Waals surface area contributed by atoms with Gasteiger partial charge in [-0.15, -0.1) is 0 Å². The standard InChI is InChI=1S/C15H20O4/c1-3-18-14(17)9-19-13-7-5-11(8-16)15-10(2)4-6-12(13)15/h5,7,10,16H,3-4,6,8-9H2,1-2H3. The number of carbonyl (C=O) groups excluding carboxylic acids is 1. The Morgan fingerprint density at radius 3 is 2.95 bits per heavy atom. The van der Waals surface area contributed by atoms with E-state index in [9.17, 15) is 9.90 Å². The Morgan fingerprint density at radius 1 is 1.47 bits per heavy atom. The van der Waals surface area contributed by atoms with E-state index in [1.807, 2.05) is 12.1 Å². The quantitative estimate of drug-likeness (QED) is 0.828. The monoisotopic (exact) mass is 264 g/mol.